The van der Waals surface area contributed by atoms with E-state index in [1.165, 1.54) is 29.7 Å². The van der Waals surface area contributed by atoms with Crippen molar-refractivity contribution >= 4 is 33.4 Å². The number of aromatic nitrogens is 3. The highest BCUT2D eigenvalue weighted by atomic mass is 32.1. The zero-order valence-corrected chi connectivity index (χ0v) is 14.0. The van der Waals surface area contributed by atoms with E-state index >= 15 is 0 Å². The first-order valence-corrected chi connectivity index (χ1v) is 8.48. The predicted octanol–water partition coefficient (Wildman–Crippen LogP) is 3.23. The molecule has 0 fully saturated rings. The van der Waals surface area contributed by atoms with Crippen LogP contribution in [0.4, 0.5) is 9.52 Å². The molecule has 0 aliphatic carbocycles. The molecular weight excluding hydrogens is 355 g/mol. The number of rotatable bonds is 3. The molecule has 0 aliphatic rings. The Hall–Kier alpha value is -3.39. The number of hydrogen-bond donors (Lipinski definition) is 1. The Kier molecular flexibility index (Phi) is 4.02. The van der Waals surface area contributed by atoms with E-state index in [0.717, 1.165) is 0 Å². The van der Waals surface area contributed by atoms with Crippen LogP contribution in [0, 0.1) is 5.82 Å². The fraction of sp³-hybridized carbons (Fsp3) is 0. The Balaban J connectivity index is 1.91. The van der Waals surface area contributed by atoms with Crippen LogP contribution in [0.5, 0.6) is 0 Å². The lowest BCUT2D eigenvalue weighted by Gasteiger charge is -2.12. The lowest BCUT2D eigenvalue weighted by Crippen LogP contribution is -2.24. The molecule has 4 aromatic rings. The van der Waals surface area contributed by atoms with Gasteiger partial charge in [-0.25, -0.2) is 14.4 Å². The van der Waals surface area contributed by atoms with Crippen LogP contribution in [0.1, 0.15) is 10.4 Å². The molecule has 6 nitrogen and oxygen atoms in total. The van der Waals surface area contributed by atoms with Crippen molar-refractivity contribution in [2.45, 2.75) is 0 Å². The van der Waals surface area contributed by atoms with Crippen LogP contribution >= 0.6 is 11.3 Å². The maximum absolute atomic E-state index is 13.3. The molecule has 0 unspecified atom stereocenters. The summed E-state index contributed by atoms with van der Waals surface area (Å²) in [7, 11) is 0. The number of pyridine rings is 2. The van der Waals surface area contributed by atoms with Gasteiger partial charge in [0.15, 0.2) is 5.13 Å². The SMILES string of the molecule is O=C(Nc1nccs1)c1cn(-c2ccc(F)cc2)c2ncccc2c1=O. The van der Waals surface area contributed by atoms with Crippen molar-refractivity contribution < 1.29 is 9.18 Å². The van der Waals surface area contributed by atoms with Crippen LogP contribution in [-0.4, -0.2) is 20.4 Å². The summed E-state index contributed by atoms with van der Waals surface area (Å²) in [5.41, 5.74) is 0.485. The highest BCUT2D eigenvalue weighted by Gasteiger charge is 2.17. The second kappa shape index (κ2) is 6.49. The number of fused-ring (bicyclic) bond motifs is 1. The van der Waals surface area contributed by atoms with Crippen molar-refractivity contribution in [3.05, 3.63) is 82.0 Å². The quantitative estimate of drug-likeness (QED) is 0.604. The maximum Gasteiger partial charge on any atom is 0.262 e. The highest BCUT2D eigenvalue weighted by Crippen LogP contribution is 2.17. The number of carbonyl (C=O) groups is 1. The van der Waals surface area contributed by atoms with Gasteiger partial charge in [-0.3, -0.25) is 14.9 Å². The van der Waals surface area contributed by atoms with Crippen molar-refractivity contribution in [3.8, 4) is 5.69 Å². The van der Waals surface area contributed by atoms with Gasteiger partial charge in [0.05, 0.1) is 5.39 Å². The van der Waals surface area contributed by atoms with Gasteiger partial charge in [-0.1, -0.05) is 0 Å². The molecule has 128 valence electrons. The van der Waals surface area contributed by atoms with Crippen LogP contribution in [0.15, 0.2) is 65.2 Å². The molecule has 8 heteroatoms. The first-order chi connectivity index (χ1) is 12.6. The van der Waals surface area contributed by atoms with Crippen molar-refractivity contribution in [2.75, 3.05) is 5.32 Å². The van der Waals surface area contributed by atoms with Gasteiger partial charge in [0.25, 0.3) is 5.91 Å². The highest BCUT2D eigenvalue weighted by molar-refractivity contribution is 7.13. The summed E-state index contributed by atoms with van der Waals surface area (Å²) in [6, 6.07) is 8.94. The van der Waals surface area contributed by atoms with Crippen LogP contribution in [-0.2, 0) is 0 Å². The average molecular weight is 366 g/mol. The van der Waals surface area contributed by atoms with Crippen LogP contribution in [0.3, 0.4) is 0 Å². The van der Waals surface area contributed by atoms with E-state index in [1.54, 1.807) is 46.6 Å². The van der Waals surface area contributed by atoms with Crippen molar-refractivity contribution in [1.29, 1.82) is 0 Å². The molecule has 0 aliphatic heterocycles. The first-order valence-electron chi connectivity index (χ1n) is 7.60. The summed E-state index contributed by atoms with van der Waals surface area (Å²) < 4.78 is 14.8. The minimum Gasteiger partial charge on any atom is -0.300 e. The van der Waals surface area contributed by atoms with E-state index in [-0.39, 0.29) is 11.4 Å². The molecule has 0 bridgehead atoms. The molecular formula is C18H11FN4O2S. The summed E-state index contributed by atoms with van der Waals surface area (Å²) in [5, 5.41) is 5.02. The van der Waals surface area contributed by atoms with Gasteiger partial charge in [0.1, 0.15) is 17.0 Å². The molecule has 1 N–H and O–H groups in total. The molecule has 1 amide bonds. The summed E-state index contributed by atoms with van der Waals surface area (Å²) in [4.78, 5) is 33.6. The Labute approximate surface area is 150 Å². The number of hydrogen-bond acceptors (Lipinski definition) is 5. The maximum atomic E-state index is 13.3. The minimum atomic E-state index is -0.563. The third-order valence-electron chi connectivity index (χ3n) is 3.76. The fourth-order valence-corrected chi connectivity index (χ4v) is 3.09. The second-order valence-corrected chi connectivity index (χ2v) is 6.28. The number of carbonyl (C=O) groups excluding carboxylic acids is 1. The Bertz CT molecular complexity index is 1150. The lowest BCUT2D eigenvalue weighted by atomic mass is 10.1. The van der Waals surface area contributed by atoms with E-state index in [2.05, 4.69) is 15.3 Å². The van der Waals surface area contributed by atoms with Gasteiger partial charge in [0.2, 0.25) is 5.43 Å². The van der Waals surface area contributed by atoms with Crippen LogP contribution in [0.25, 0.3) is 16.7 Å². The molecule has 0 radical (unpaired) electrons. The molecule has 0 saturated heterocycles. The standard InChI is InChI=1S/C18H11FN4O2S/c19-11-3-5-12(6-4-11)23-10-14(17(25)22-18-21-8-9-26-18)15(24)13-2-1-7-20-16(13)23/h1-10H,(H,21,22,25). The van der Waals surface area contributed by atoms with Gasteiger partial charge >= 0.3 is 0 Å². The summed E-state index contributed by atoms with van der Waals surface area (Å²) >= 11 is 1.25. The Morgan fingerprint density at radius 1 is 1.12 bits per heavy atom. The first kappa shape index (κ1) is 16.1. The van der Waals surface area contributed by atoms with Crippen molar-refractivity contribution in [1.82, 2.24) is 14.5 Å². The molecule has 0 saturated carbocycles. The van der Waals surface area contributed by atoms with Crippen molar-refractivity contribution in [2.24, 2.45) is 0 Å². The smallest absolute Gasteiger partial charge is 0.262 e. The predicted molar refractivity (Wildman–Crippen MR) is 97.4 cm³/mol. The number of halogens is 1. The Morgan fingerprint density at radius 3 is 2.65 bits per heavy atom. The number of nitrogens with zero attached hydrogens (tertiary/aromatic N) is 3. The molecule has 1 aromatic carbocycles. The zero-order chi connectivity index (χ0) is 18.1. The average Bonchev–Trinajstić information content (AvgIpc) is 3.16. The number of thiazole rings is 1. The van der Waals surface area contributed by atoms with Gasteiger partial charge in [-0.2, -0.15) is 0 Å². The van der Waals surface area contributed by atoms with Gasteiger partial charge in [-0.05, 0) is 36.4 Å². The van der Waals surface area contributed by atoms with Crippen LogP contribution < -0.4 is 10.7 Å². The molecule has 0 spiro atoms. The topological polar surface area (TPSA) is 76.9 Å². The normalized spacial score (nSPS) is 10.8. The van der Waals surface area contributed by atoms with Gasteiger partial charge < -0.3 is 4.57 Å². The third-order valence-corrected chi connectivity index (χ3v) is 4.45. The van der Waals surface area contributed by atoms with E-state index in [9.17, 15) is 14.0 Å². The molecule has 0 atom stereocenters. The van der Waals surface area contributed by atoms with E-state index in [0.29, 0.717) is 21.9 Å². The number of nitrogens with one attached hydrogen (secondary N) is 1. The minimum absolute atomic E-state index is 0.0509. The van der Waals surface area contributed by atoms with Crippen molar-refractivity contribution in [3.63, 3.8) is 0 Å². The van der Waals surface area contributed by atoms with Crippen LogP contribution in [0.2, 0.25) is 0 Å². The Morgan fingerprint density at radius 2 is 1.92 bits per heavy atom. The summed E-state index contributed by atoms with van der Waals surface area (Å²) in [6.07, 6.45) is 4.52. The fourth-order valence-electron chi connectivity index (χ4n) is 2.57. The van der Waals surface area contributed by atoms with E-state index < -0.39 is 11.3 Å². The van der Waals surface area contributed by atoms with E-state index in [4.69, 9.17) is 0 Å². The van der Waals surface area contributed by atoms with Gasteiger partial charge in [-0.15, -0.1) is 11.3 Å². The largest absolute Gasteiger partial charge is 0.300 e. The second-order valence-electron chi connectivity index (χ2n) is 5.38. The molecule has 3 heterocycles. The summed E-state index contributed by atoms with van der Waals surface area (Å²) in [6.45, 7) is 0. The summed E-state index contributed by atoms with van der Waals surface area (Å²) in [5.74, 6) is -0.944. The molecule has 26 heavy (non-hydrogen) atoms. The van der Waals surface area contributed by atoms with E-state index in [1.807, 2.05) is 0 Å². The lowest BCUT2D eigenvalue weighted by molar-refractivity contribution is 0.102. The number of anilines is 1. The zero-order valence-electron chi connectivity index (χ0n) is 13.2. The molecule has 4 rings (SSSR count). The number of benzene rings is 1. The third kappa shape index (κ3) is 2.86. The van der Waals surface area contributed by atoms with Gasteiger partial charge in [0, 0.05) is 29.7 Å². The number of amides is 1. The molecule has 3 aromatic heterocycles. The monoisotopic (exact) mass is 366 g/mol.